The van der Waals surface area contributed by atoms with Gasteiger partial charge in [-0.15, -0.1) is 23.5 Å². The van der Waals surface area contributed by atoms with Gasteiger partial charge in [0.2, 0.25) is 0 Å². The molecule has 0 amide bonds. The summed E-state index contributed by atoms with van der Waals surface area (Å²) in [5.74, 6) is 2.37. The molecule has 0 atom stereocenters. The lowest BCUT2D eigenvalue weighted by Crippen LogP contribution is -2.20. The Kier molecular flexibility index (Phi) is 3.40. The Morgan fingerprint density at radius 1 is 1.25 bits per heavy atom. The molecule has 2 heterocycles. The first-order valence-electron chi connectivity index (χ1n) is 5.51. The predicted octanol–water partition coefficient (Wildman–Crippen LogP) is 3.49. The molecular weight excluding hydrogens is 238 g/mol. The van der Waals surface area contributed by atoms with Crippen molar-refractivity contribution in [2.45, 2.75) is 31.3 Å². The first kappa shape index (κ1) is 12.1. The van der Waals surface area contributed by atoms with E-state index in [-0.39, 0.29) is 4.08 Å². The summed E-state index contributed by atoms with van der Waals surface area (Å²) in [5.41, 5.74) is 4.20. The summed E-state index contributed by atoms with van der Waals surface area (Å²) in [6.45, 7) is 6.28. The zero-order chi connectivity index (χ0) is 11.8. The molecule has 1 aliphatic rings. The highest BCUT2D eigenvalue weighted by Crippen LogP contribution is 2.51. The molecule has 4 heteroatoms. The van der Waals surface area contributed by atoms with Gasteiger partial charge in [0.15, 0.2) is 6.29 Å². The van der Waals surface area contributed by atoms with E-state index in [9.17, 15) is 4.79 Å². The van der Waals surface area contributed by atoms with Gasteiger partial charge in [0, 0.05) is 22.5 Å². The predicted molar refractivity (Wildman–Crippen MR) is 72.5 cm³/mol. The number of nitrogens with one attached hydrogen (secondary N) is 1. The fraction of sp³-hybridized carbons (Fsp3) is 0.583. The quantitative estimate of drug-likeness (QED) is 0.821. The molecule has 1 aliphatic heterocycles. The summed E-state index contributed by atoms with van der Waals surface area (Å²) in [6, 6.07) is 0. The van der Waals surface area contributed by atoms with Gasteiger partial charge in [-0.3, -0.25) is 4.79 Å². The van der Waals surface area contributed by atoms with Crippen LogP contribution in [0.4, 0.5) is 0 Å². The highest BCUT2D eigenvalue weighted by atomic mass is 32.2. The molecule has 88 valence electrons. The maximum absolute atomic E-state index is 11.2. The summed E-state index contributed by atoms with van der Waals surface area (Å²) < 4.78 is 0.0450. The number of carbonyl (C=O) groups is 1. The molecule has 16 heavy (non-hydrogen) atoms. The van der Waals surface area contributed by atoms with E-state index >= 15 is 0 Å². The summed E-state index contributed by atoms with van der Waals surface area (Å²) >= 11 is 3.92. The molecule has 0 spiro atoms. The lowest BCUT2D eigenvalue weighted by Gasteiger charge is -2.33. The van der Waals surface area contributed by atoms with Gasteiger partial charge in [-0.1, -0.05) is 0 Å². The second-order valence-electron chi connectivity index (χ2n) is 4.28. The Hall–Kier alpha value is -0.350. The van der Waals surface area contributed by atoms with Crippen LogP contribution in [0.2, 0.25) is 0 Å². The molecule has 2 rings (SSSR count). The molecule has 1 aromatic heterocycles. The minimum Gasteiger partial charge on any atom is -0.362 e. The van der Waals surface area contributed by atoms with Gasteiger partial charge in [0.05, 0.1) is 4.08 Å². The third kappa shape index (κ3) is 1.93. The lowest BCUT2D eigenvalue weighted by atomic mass is 10.1. The molecule has 1 saturated heterocycles. The van der Waals surface area contributed by atoms with E-state index in [0.717, 1.165) is 23.2 Å². The van der Waals surface area contributed by atoms with Crippen molar-refractivity contribution in [3.63, 3.8) is 0 Å². The summed E-state index contributed by atoms with van der Waals surface area (Å²) in [4.78, 5) is 14.5. The second kappa shape index (κ2) is 4.49. The molecule has 1 N–H and O–H groups in total. The van der Waals surface area contributed by atoms with Crippen LogP contribution in [0.5, 0.6) is 0 Å². The van der Waals surface area contributed by atoms with E-state index in [4.69, 9.17) is 0 Å². The first-order valence-corrected chi connectivity index (χ1v) is 7.48. The molecule has 0 aliphatic carbocycles. The topological polar surface area (TPSA) is 32.9 Å². The number of rotatable bonds is 2. The van der Waals surface area contributed by atoms with Crippen LogP contribution in [0.1, 0.15) is 40.7 Å². The third-order valence-corrected chi connectivity index (χ3v) is 6.24. The molecule has 2 nitrogen and oxygen atoms in total. The van der Waals surface area contributed by atoms with E-state index in [1.54, 1.807) is 0 Å². The SMILES string of the molecule is Cc1[nH]c(C)c(C2(C)SCCCS2)c1C=O. The average molecular weight is 255 g/mol. The van der Waals surface area contributed by atoms with E-state index < -0.39 is 0 Å². The fourth-order valence-electron chi connectivity index (χ4n) is 2.31. The van der Waals surface area contributed by atoms with Crippen LogP contribution in [0.15, 0.2) is 0 Å². The summed E-state index contributed by atoms with van der Waals surface area (Å²) in [7, 11) is 0. The van der Waals surface area contributed by atoms with Crippen LogP contribution >= 0.6 is 23.5 Å². The Labute approximate surface area is 105 Å². The molecule has 0 radical (unpaired) electrons. The van der Waals surface area contributed by atoms with Crippen molar-refractivity contribution in [1.82, 2.24) is 4.98 Å². The smallest absolute Gasteiger partial charge is 0.152 e. The van der Waals surface area contributed by atoms with Crippen molar-refractivity contribution in [2.75, 3.05) is 11.5 Å². The Morgan fingerprint density at radius 3 is 2.44 bits per heavy atom. The summed E-state index contributed by atoms with van der Waals surface area (Å²) in [6.07, 6.45) is 2.26. The average Bonchev–Trinajstić information content (AvgIpc) is 2.54. The number of aryl methyl sites for hydroxylation is 2. The Balaban J connectivity index is 2.49. The zero-order valence-electron chi connectivity index (χ0n) is 9.92. The molecule has 0 aromatic carbocycles. The molecular formula is C12H17NOS2. The number of carbonyl (C=O) groups excluding carboxylic acids is 1. The van der Waals surface area contributed by atoms with Crippen LogP contribution in [-0.2, 0) is 4.08 Å². The van der Waals surface area contributed by atoms with Crippen molar-refractivity contribution in [1.29, 1.82) is 0 Å². The highest BCUT2D eigenvalue weighted by Gasteiger charge is 2.35. The number of hydrogen-bond acceptors (Lipinski definition) is 3. The molecule has 1 fully saturated rings. The summed E-state index contributed by atoms with van der Waals surface area (Å²) in [5, 5.41) is 0. The van der Waals surface area contributed by atoms with E-state index in [0.29, 0.717) is 0 Å². The molecule has 1 aromatic rings. The van der Waals surface area contributed by atoms with Crippen LogP contribution in [-0.4, -0.2) is 22.8 Å². The molecule has 0 bridgehead atoms. The maximum atomic E-state index is 11.2. The van der Waals surface area contributed by atoms with Gasteiger partial charge in [0.25, 0.3) is 0 Å². The lowest BCUT2D eigenvalue weighted by molar-refractivity contribution is 0.112. The van der Waals surface area contributed by atoms with Crippen molar-refractivity contribution >= 4 is 29.8 Å². The normalized spacial score (nSPS) is 19.7. The molecule has 0 unspecified atom stereocenters. The number of thioether (sulfide) groups is 2. The van der Waals surface area contributed by atoms with Crippen molar-refractivity contribution in [3.8, 4) is 0 Å². The van der Waals surface area contributed by atoms with E-state index in [2.05, 4.69) is 18.8 Å². The van der Waals surface area contributed by atoms with Gasteiger partial charge in [0.1, 0.15) is 0 Å². The van der Waals surface area contributed by atoms with Gasteiger partial charge in [-0.2, -0.15) is 0 Å². The van der Waals surface area contributed by atoms with Crippen LogP contribution in [0.3, 0.4) is 0 Å². The van der Waals surface area contributed by atoms with Crippen LogP contribution in [0, 0.1) is 13.8 Å². The van der Waals surface area contributed by atoms with Gasteiger partial charge >= 0.3 is 0 Å². The Bertz CT molecular complexity index is 405. The number of aldehydes is 1. The van der Waals surface area contributed by atoms with Gasteiger partial charge in [-0.25, -0.2) is 0 Å². The van der Waals surface area contributed by atoms with Crippen molar-refractivity contribution in [2.24, 2.45) is 0 Å². The van der Waals surface area contributed by atoms with Gasteiger partial charge in [-0.05, 0) is 38.7 Å². The Morgan fingerprint density at radius 2 is 1.88 bits per heavy atom. The maximum Gasteiger partial charge on any atom is 0.152 e. The zero-order valence-corrected chi connectivity index (χ0v) is 11.6. The number of aromatic amines is 1. The van der Waals surface area contributed by atoms with Crippen molar-refractivity contribution in [3.05, 3.63) is 22.5 Å². The molecule has 0 saturated carbocycles. The van der Waals surface area contributed by atoms with E-state index in [1.807, 2.05) is 30.4 Å². The largest absolute Gasteiger partial charge is 0.362 e. The minimum atomic E-state index is 0.0450. The van der Waals surface area contributed by atoms with Crippen molar-refractivity contribution < 1.29 is 4.79 Å². The standard InChI is InChI=1S/C12H17NOS2/c1-8-10(7-14)11(9(2)13-8)12(3)15-5-4-6-16-12/h7,13H,4-6H2,1-3H3. The fourth-order valence-corrected chi connectivity index (χ4v) is 5.50. The second-order valence-corrected chi connectivity index (χ2v) is 7.56. The monoisotopic (exact) mass is 255 g/mol. The third-order valence-electron chi connectivity index (χ3n) is 3.04. The van der Waals surface area contributed by atoms with E-state index in [1.165, 1.54) is 23.5 Å². The van der Waals surface area contributed by atoms with Crippen LogP contribution in [0.25, 0.3) is 0 Å². The number of hydrogen-bond donors (Lipinski definition) is 1. The highest BCUT2D eigenvalue weighted by molar-refractivity contribution is 8.18. The minimum absolute atomic E-state index is 0.0450. The van der Waals surface area contributed by atoms with Crippen LogP contribution < -0.4 is 0 Å². The number of aromatic nitrogens is 1. The number of H-pyrrole nitrogens is 1. The first-order chi connectivity index (χ1) is 7.58. The van der Waals surface area contributed by atoms with Gasteiger partial charge < -0.3 is 4.98 Å².